The van der Waals surface area contributed by atoms with Gasteiger partial charge in [-0.3, -0.25) is 9.59 Å². The van der Waals surface area contributed by atoms with E-state index in [9.17, 15) is 14.0 Å². The van der Waals surface area contributed by atoms with Gasteiger partial charge in [0, 0.05) is 18.7 Å². The summed E-state index contributed by atoms with van der Waals surface area (Å²) in [6, 6.07) is 11.3. The van der Waals surface area contributed by atoms with Gasteiger partial charge in [-0.15, -0.1) is 0 Å². The number of ether oxygens (including phenoxy) is 2. The maximum atomic E-state index is 13.9. The van der Waals surface area contributed by atoms with Gasteiger partial charge in [-0.1, -0.05) is 6.07 Å². The summed E-state index contributed by atoms with van der Waals surface area (Å²) in [6.07, 6.45) is 0.140. The van der Waals surface area contributed by atoms with Crippen molar-refractivity contribution in [1.82, 2.24) is 5.32 Å². The van der Waals surface area contributed by atoms with Crippen LogP contribution in [-0.4, -0.2) is 32.6 Å². The van der Waals surface area contributed by atoms with Crippen LogP contribution in [0.1, 0.15) is 24.9 Å². The molecule has 7 heteroatoms. The molecule has 1 heterocycles. The average Bonchev–Trinajstić information content (AvgIpc) is 3.09. The topological polar surface area (TPSA) is 67.9 Å². The minimum absolute atomic E-state index is 0.103. The largest absolute Gasteiger partial charge is 0.497 e. The second-order valence-corrected chi connectivity index (χ2v) is 6.73. The summed E-state index contributed by atoms with van der Waals surface area (Å²) in [5.41, 5.74) is 1.36. The number of anilines is 1. The molecule has 1 aliphatic heterocycles. The minimum Gasteiger partial charge on any atom is -0.497 e. The monoisotopic (exact) mass is 386 g/mol. The number of hydrogen-bond donors (Lipinski definition) is 1. The van der Waals surface area contributed by atoms with Crippen molar-refractivity contribution in [2.24, 2.45) is 5.92 Å². The highest BCUT2D eigenvalue weighted by atomic mass is 19.1. The quantitative estimate of drug-likeness (QED) is 0.829. The van der Waals surface area contributed by atoms with E-state index < -0.39 is 17.8 Å². The van der Waals surface area contributed by atoms with Crippen molar-refractivity contribution in [3.05, 3.63) is 53.8 Å². The van der Waals surface area contributed by atoms with Gasteiger partial charge < -0.3 is 19.7 Å². The molecule has 0 aliphatic carbocycles. The first-order valence-corrected chi connectivity index (χ1v) is 9.01. The highest BCUT2D eigenvalue weighted by Gasteiger charge is 2.35. The molecule has 28 heavy (non-hydrogen) atoms. The molecule has 1 N–H and O–H groups in total. The van der Waals surface area contributed by atoms with E-state index in [1.54, 1.807) is 49.3 Å². The van der Waals surface area contributed by atoms with Crippen LogP contribution in [0.25, 0.3) is 0 Å². The lowest BCUT2D eigenvalue weighted by Crippen LogP contribution is -2.34. The van der Waals surface area contributed by atoms with Crippen molar-refractivity contribution in [1.29, 1.82) is 0 Å². The van der Waals surface area contributed by atoms with Crippen molar-refractivity contribution < 1.29 is 23.5 Å². The Morgan fingerprint density at radius 3 is 2.50 bits per heavy atom. The highest BCUT2D eigenvalue weighted by molar-refractivity contribution is 6.00. The van der Waals surface area contributed by atoms with Crippen LogP contribution in [-0.2, 0) is 9.59 Å². The summed E-state index contributed by atoms with van der Waals surface area (Å²) in [4.78, 5) is 26.6. The lowest BCUT2D eigenvalue weighted by atomic mass is 10.0. The Morgan fingerprint density at radius 2 is 1.89 bits per heavy atom. The average molecular weight is 386 g/mol. The van der Waals surface area contributed by atoms with Gasteiger partial charge in [0.1, 0.15) is 5.75 Å². The number of hydrogen-bond acceptors (Lipinski definition) is 4. The molecule has 3 rings (SSSR count). The van der Waals surface area contributed by atoms with E-state index in [1.165, 1.54) is 19.2 Å². The van der Waals surface area contributed by atoms with Gasteiger partial charge in [0.2, 0.25) is 11.8 Å². The van der Waals surface area contributed by atoms with Crippen LogP contribution in [0.4, 0.5) is 10.1 Å². The third kappa shape index (κ3) is 4.08. The van der Waals surface area contributed by atoms with Crippen LogP contribution in [0, 0.1) is 11.7 Å². The molecule has 0 unspecified atom stereocenters. The molecular weight excluding hydrogens is 363 g/mol. The van der Waals surface area contributed by atoms with Crippen molar-refractivity contribution in [3.63, 3.8) is 0 Å². The van der Waals surface area contributed by atoms with Crippen molar-refractivity contribution in [2.75, 3.05) is 25.7 Å². The van der Waals surface area contributed by atoms with E-state index in [4.69, 9.17) is 9.47 Å². The van der Waals surface area contributed by atoms with E-state index in [-0.39, 0.29) is 24.0 Å². The molecule has 2 amide bonds. The molecule has 0 bridgehead atoms. The summed E-state index contributed by atoms with van der Waals surface area (Å²) in [7, 11) is 2.97. The highest BCUT2D eigenvalue weighted by Crippen LogP contribution is 2.28. The molecule has 0 saturated carbocycles. The van der Waals surface area contributed by atoms with Crippen molar-refractivity contribution >= 4 is 17.5 Å². The second-order valence-electron chi connectivity index (χ2n) is 6.73. The Kier molecular flexibility index (Phi) is 5.82. The van der Waals surface area contributed by atoms with E-state index in [0.717, 1.165) is 5.69 Å². The zero-order valence-corrected chi connectivity index (χ0v) is 16.1. The maximum Gasteiger partial charge on any atom is 0.227 e. The third-order valence-electron chi connectivity index (χ3n) is 4.91. The first-order valence-electron chi connectivity index (χ1n) is 9.01. The first-order chi connectivity index (χ1) is 13.4. The number of nitrogens with zero attached hydrogens (tertiary/aromatic N) is 1. The molecule has 0 aromatic heterocycles. The maximum absolute atomic E-state index is 13.9. The van der Waals surface area contributed by atoms with Crippen LogP contribution in [0.5, 0.6) is 11.5 Å². The predicted molar refractivity (Wildman–Crippen MR) is 103 cm³/mol. The van der Waals surface area contributed by atoms with Crippen molar-refractivity contribution in [2.45, 2.75) is 19.4 Å². The number of amides is 2. The SMILES string of the molecule is COc1ccc(N2C[C@@H](C(=O)N[C@@H](C)c3ccc(OC)c(F)c3)CC2=O)cc1. The van der Waals surface area contributed by atoms with Gasteiger partial charge in [-0.25, -0.2) is 4.39 Å². The molecule has 0 radical (unpaired) electrons. The molecule has 2 aromatic carbocycles. The molecular formula is C21H23FN2O4. The molecule has 2 atom stereocenters. The number of halogens is 1. The standard InChI is InChI=1S/C21H23FN2O4/c1-13(14-4-9-19(28-3)18(22)10-14)23-21(26)15-11-20(25)24(12-15)16-5-7-17(27-2)8-6-16/h4-10,13,15H,11-12H2,1-3H3,(H,23,26)/t13-,15-/m0/s1. The molecule has 1 saturated heterocycles. The molecule has 2 aromatic rings. The molecule has 148 valence electrons. The van der Waals surface area contributed by atoms with Crippen LogP contribution < -0.4 is 19.7 Å². The lowest BCUT2D eigenvalue weighted by molar-refractivity contribution is -0.126. The molecule has 0 spiro atoms. The predicted octanol–water partition coefficient (Wildman–Crippen LogP) is 3.07. The summed E-state index contributed by atoms with van der Waals surface area (Å²) in [5, 5.41) is 2.87. The smallest absolute Gasteiger partial charge is 0.227 e. The Hall–Kier alpha value is -3.09. The Bertz CT molecular complexity index is 869. The third-order valence-corrected chi connectivity index (χ3v) is 4.91. The van der Waals surface area contributed by atoms with Crippen LogP contribution >= 0.6 is 0 Å². The van der Waals surface area contributed by atoms with Gasteiger partial charge in [0.25, 0.3) is 0 Å². The van der Waals surface area contributed by atoms with Crippen LogP contribution in [0.2, 0.25) is 0 Å². The number of carbonyl (C=O) groups excluding carboxylic acids is 2. The summed E-state index contributed by atoms with van der Waals surface area (Å²) < 4.78 is 23.9. The fourth-order valence-corrected chi connectivity index (χ4v) is 3.26. The summed E-state index contributed by atoms with van der Waals surface area (Å²) in [6.45, 7) is 2.08. The Balaban J connectivity index is 1.64. The van der Waals surface area contributed by atoms with Crippen LogP contribution in [0.15, 0.2) is 42.5 Å². The molecule has 6 nitrogen and oxygen atoms in total. The molecule has 1 aliphatic rings. The van der Waals surface area contributed by atoms with Gasteiger partial charge in [0.15, 0.2) is 11.6 Å². The van der Waals surface area contributed by atoms with Gasteiger partial charge in [-0.05, 0) is 48.9 Å². The van der Waals surface area contributed by atoms with E-state index >= 15 is 0 Å². The van der Waals surface area contributed by atoms with Gasteiger partial charge >= 0.3 is 0 Å². The van der Waals surface area contributed by atoms with Crippen molar-refractivity contribution in [3.8, 4) is 11.5 Å². The number of nitrogens with one attached hydrogen (secondary N) is 1. The molecule has 1 fully saturated rings. The fourth-order valence-electron chi connectivity index (χ4n) is 3.26. The number of rotatable bonds is 6. The Labute approximate surface area is 163 Å². The Morgan fingerprint density at radius 1 is 1.18 bits per heavy atom. The lowest BCUT2D eigenvalue weighted by Gasteiger charge is -2.19. The summed E-state index contributed by atoms with van der Waals surface area (Å²) >= 11 is 0. The minimum atomic E-state index is -0.483. The fraction of sp³-hybridized carbons (Fsp3) is 0.333. The normalized spacial score (nSPS) is 17.4. The zero-order valence-electron chi connectivity index (χ0n) is 16.1. The van der Waals surface area contributed by atoms with Crippen LogP contribution in [0.3, 0.4) is 0 Å². The zero-order chi connectivity index (χ0) is 20.3. The number of methoxy groups -OCH3 is 2. The van der Waals surface area contributed by atoms with Gasteiger partial charge in [-0.2, -0.15) is 0 Å². The number of carbonyl (C=O) groups is 2. The first kappa shape index (κ1) is 19.7. The van der Waals surface area contributed by atoms with Gasteiger partial charge in [0.05, 0.1) is 26.2 Å². The van der Waals surface area contributed by atoms with E-state index in [2.05, 4.69) is 5.32 Å². The van der Waals surface area contributed by atoms with E-state index in [0.29, 0.717) is 17.9 Å². The van der Waals surface area contributed by atoms with E-state index in [1.807, 2.05) is 0 Å². The summed E-state index contributed by atoms with van der Waals surface area (Å²) in [5.74, 6) is -0.423. The number of benzene rings is 2. The second kappa shape index (κ2) is 8.29.